The van der Waals surface area contributed by atoms with Crippen LogP contribution in [0.3, 0.4) is 0 Å². The predicted octanol–water partition coefficient (Wildman–Crippen LogP) is 4.37. The monoisotopic (exact) mass is 355 g/mol. The summed E-state index contributed by atoms with van der Waals surface area (Å²) in [6, 6.07) is 15.8. The first kappa shape index (κ1) is 14.5. The zero-order valence-electron chi connectivity index (χ0n) is 11.5. The standard InChI is InChI=1S/C17H11BrFN3/c18-16-11-22(10-13-3-1-2-12(8-13)9-20)21-17(16)14-4-6-15(19)7-5-14/h1-8,11H,10H2. The molecule has 2 aromatic carbocycles. The molecule has 108 valence electrons. The second-order valence-corrected chi connectivity index (χ2v) is 5.70. The Hall–Kier alpha value is -2.45. The number of hydrogen-bond acceptors (Lipinski definition) is 2. The summed E-state index contributed by atoms with van der Waals surface area (Å²) >= 11 is 3.48. The van der Waals surface area contributed by atoms with Gasteiger partial charge < -0.3 is 0 Å². The molecule has 0 aliphatic carbocycles. The molecule has 0 saturated heterocycles. The summed E-state index contributed by atoms with van der Waals surface area (Å²) in [5.41, 5.74) is 3.23. The van der Waals surface area contributed by atoms with Crippen molar-refractivity contribution < 1.29 is 4.39 Å². The van der Waals surface area contributed by atoms with Crippen molar-refractivity contribution in [2.24, 2.45) is 0 Å². The third kappa shape index (κ3) is 3.07. The lowest BCUT2D eigenvalue weighted by molar-refractivity contribution is 0.628. The Balaban J connectivity index is 1.89. The molecule has 3 rings (SSSR count). The zero-order chi connectivity index (χ0) is 15.5. The van der Waals surface area contributed by atoms with E-state index in [2.05, 4.69) is 27.1 Å². The summed E-state index contributed by atoms with van der Waals surface area (Å²) in [4.78, 5) is 0. The van der Waals surface area contributed by atoms with Gasteiger partial charge in [-0.1, -0.05) is 12.1 Å². The molecule has 0 saturated carbocycles. The topological polar surface area (TPSA) is 41.6 Å². The van der Waals surface area contributed by atoms with E-state index in [0.29, 0.717) is 12.1 Å². The molecule has 0 bridgehead atoms. The van der Waals surface area contributed by atoms with E-state index < -0.39 is 0 Å². The molecule has 3 aromatic rings. The van der Waals surface area contributed by atoms with Gasteiger partial charge in [-0.3, -0.25) is 4.68 Å². The third-order valence-electron chi connectivity index (χ3n) is 3.24. The Morgan fingerprint density at radius 3 is 2.68 bits per heavy atom. The molecule has 0 unspecified atom stereocenters. The molecular formula is C17H11BrFN3. The first-order valence-corrected chi connectivity index (χ1v) is 7.43. The lowest BCUT2D eigenvalue weighted by Crippen LogP contribution is -2.00. The van der Waals surface area contributed by atoms with Gasteiger partial charge in [0.1, 0.15) is 11.5 Å². The van der Waals surface area contributed by atoms with Crippen LogP contribution in [0.2, 0.25) is 0 Å². The number of nitriles is 1. The van der Waals surface area contributed by atoms with E-state index in [4.69, 9.17) is 5.26 Å². The second kappa shape index (κ2) is 6.12. The van der Waals surface area contributed by atoms with E-state index in [1.807, 2.05) is 24.4 Å². The smallest absolute Gasteiger partial charge is 0.123 e. The molecule has 5 heteroatoms. The van der Waals surface area contributed by atoms with Gasteiger partial charge in [0.25, 0.3) is 0 Å². The Bertz CT molecular complexity index is 847. The number of rotatable bonds is 3. The number of nitrogens with zero attached hydrogens (tertiary/aromatic N) is 3. The van der Waals surface area contributed by atoms with Crippen molar-refractivity contribution in [3.05, 3.63) is 76.1 Å². The van der Waals surface area contributed by atoms with Gasteiger partial charge in [0, 0.05) is 11.8 Å². The highest BCUT2D eigenvalue weighted by atomic mass is 79.9. The van der Waals surface area contributed by atoms with Gasteiger partial charge >= 0.3 is 0 Å². The predicted molar refractivity (Wildman–Crippen MR) is 85.6 cm³/mol. The summed E-state index contributed by atoms with van der Waals surface area (Å²) in [5.74, 6) is -0.271. The van der Waals surface area contributed by atoms with E-state index in [0.717, 1.165) is 21.3 Å². The van der Waals surface area contributed by atoms with Gasteiger partial charge in [0.2, 0.25) is 0 Å². The van der Waals surface area contributed by atoms with Crippen molar-refractivity contribution in [2.75, 3.05) is 0 Å². The molecule has 1 aromatic heterocycles. The van der Waals surface area contributed by atoms with Crippen molar-refractivity contribution in [1.29, 1.82) is 5.26 Å². The molecule has 0 N–H and O–H groups in total. The quantitative estimate of drug-likeness (QED) is 0.699. The molecule has 0 atom stereocenters. The van der Waals surface area contributed by atoms with Crippen LogP contribution in [0.5, 0.6) is 0 Å². The highest BCUT2D eigenvalue weighted by Gasteiger charge is 2.09. The molecule has 1 heterocycles. The summed E-state index contributed by atoms with van der Waals surface area (Å²) < 4.78 is 15.6. The van der Waals surface area contributed by atoms with E-state index in [1.165, 1.54) is 12.1 Å². The maximum Gasteiger partial charge on any atom is 0.123 e. The minimum Gasteiger partial charge on any atom is -0.267 e. The molecule has 22 heavy (non-hydrogen) atoms. The van der Waals surface area contributed by atoms with Gasteiger partial charge in [-0.25, -0.2) is 4.39 Å². The third-order valence-corrected chi connectivity index (χ3v) is 3.82. The summed E-state index contributed by atoms with van der Waals surface area (Å²) in [6.07, 6.45) is 1.87. The maximum absolute atomic E-state index is 13.0. The Kier molecular flexibility index (Phi) is 4.03. The van der Waals surface area contributed by atoms with E-state index in [9.17, 15) is 4.39 Å². The molecular weight excluding hydrogens is 345 g/mol. The number of benzene rings is 2. The molecule has 3 nitrogen and oxygen atoms in total. The normalized spacial score (nSPS) is 10.4. The van der Waals surface area contributed by atoms with Crippen molar-refractivity contribution in [3.8, 4) is 17.3 Å². The summed E-state index contributed by atoms with van der Waals surface area (Å²) in [5, 5.41) is 13.5. The second-order valence-electron chi connectivity index (χ2n) is 4.84. The van der Waals surface area contributed by atoms with Crippen LogP contribution < -0.4 is 0 Å². The SMILES string of the molecule is N#Cc1cccc(Cn2cc(Br)c(-c3ccc(F)cc3)n2)c1. The van der Waals surface area contributed by atoms with Crippen molar-refractivity contribution in [2.45, 2.75) is 6.54 Å². The fourth-order valence-corrected chi connectivity index (χ4v) is 2.75. The average molecular weight is 356 g/mol. The minimum atomic E-state index is -0.271. The van der Waals surface area contributed by atoms with E-state index in [-0.39, 0.29) is 5.82 Å². The Labute approximate surface area is 135 Å². The van der Waals surface area contributed by atoms with E-state index in [1.54, 1.807) is 22.9 Å². The fourth-order valence-electron chi connectivity index (χ4n) is 2.21. The summed E-state index contributed by atoms with van der Waals surface area (Å²) in [7, 11) is 0. The molecule has 0 fully saturated rings. The lowest BCUT2D eigenvalue weighted by Gasteiger charge is -2.02. The maximum atomic E-state index is 13.0. The number of aromatic nitrogens is 2. The molecule has 0 amide bonds. The number of hydrogen-bond donors (Lipinski definition) is 0. The van der Waals surface area contributed by atoms with Gasteiger partial charge in [0.15, 0.2) is 0 Å². The minimum absolute atomic E-state index is 0.271. The zero-order valence-corrected chi connectivity index (χ0v) is 13.1. The van der Waals surface area contributed by atoms with Crippen LogP contribution in [0.1, 0.15) is 11.1 Å². The molecule has 0 radical (unpaired) electrons. The van der Waals surface area contributed by atoms with Gasteiger partial charge in [-0.05, 0) is 57.9 Å². The van der Waals surface area contributed by atoms with Crippen molar-refractivity contribution in [3.63, 3.8) is 0 Å². The van der Waals surface area contributed by atoms with Crippen LogP contribution in [0, 0.1) is 17.1 Å². The Morgan fingerprint density at radius 2 is 1.95 bits per heavy atom. The van der Waals surface area contributed by atoms with Gasteiger partial charge in [-0.15, -0.1) is 0 Å². The molecule has 0 aliphatic rings. The van der Waals surface area contributed by atoms with Crippen LogP contribution in [-0.4, -0.2) is 9.78 Å². The van der Waals surface area contributed by atoms with Gasteiger partial charge in [-0.2, -0.15) is 10.4 Å². The van der Waals surface area contributed by atoms with Crippen LogP contribution in [-0.2, 0) is 6.54 Å². The number of halogens is 2. The highest BCUT2D eigenvalue weighted by molar-refractivity contribution is 9.10. The van der Waals surface area contributed by atoms with E-state index >= 15 is 0 Å². The van der Waals surface area contributed by atoms with Crippen LogP contribution in [0.4, 0.5) is 4.39 Å². The van der Waals surface area contributed by atoms with Crippen molar-refractivity contribution in [1.82, 2.24) is 9.78 Å². The van der Waals surface area contributed by atoms with Gasteiger partial charge in [0.05, 0.1) is 22.7 Å². The molecule has 0 aliphatic heterocycles. The largest absolute Gasteiger partial charge is 0.267 e. The van der Waals surface area contributed by atoms with Crippen LogP contribution in [0.15, 0.2) is 59.2 Å². The Morgan fingerprint density at radius 1 is 1.18 bits per heavy atom. The lowest BCUT2D eigenvalue weighted by atomic mass is 10.1. The molecule has 0 spiro atoms. The fraction of sp³-hybridized carbons (Fsp3) is 0.0588. The van der Waals surface area contributed by atoms with Crippen LogP contribution >= 0.6 is 15.9 Å². The average Bonchev–Trinajstić information content (AvgIpc) is 2.89. The first-order valence-electron chi connectivity index (χ1n) is 6.63. The van der Waals surface area contributed by atoms with Crippen molar-refractivity contribution >= 4 is 15.9 Å². The van der Waals surface area contributed by atoms with Crippen LogP contribution in [0.25, 0.3) is 11.3 Å². The summed E-state index contributed by atoms with van der Waals surface area (Å²) in [6.45, 7) is 0.565. The first-order chi connectivity index (χ1) is 10.7. The highest BCUT2D eigenvalue weighted by Crippen LogP contribution is 2.27.